The molecule has 0 spiro atoms. The normalized spacial score (nSPS) is 18.8. The lowest BCUT2D eigenvalue weighted by Gasteiger charge is -2.32. The van der Waals surface area contributed by atoms with E-state index in [-0.39, 0.29) is 23.3 Å². The molecular formula is C15H21N5O3S. The molecule has 0 aliphatic carbocycles. The Kier molecular flexibility index (Phi) is 4.44. The lowest BCUT2D eigenvalue weighted by Crippen LogP contribution is -2.41. The van der Waals surface area contributed by atoms with Crippen LogP contribution < -0.4 is 0 Å². The molecule has 3 rings (SSSR count). The Bertz CT molecular complexity index is 839. The summed E-state index contributed by atoms with van der Waals surface area (Å²) in [6, 6.07) is 0. The van der Waals surface area contributed by atoms with Crippen molar-refractivity contribution in [3.05, 3.63) is 30.1 Å². The average Bonchev–Trinajstić information content (AvgIpc) is 3.17. The highest BCUT2D eigenvalue weighted by molar-refractivity contribution is 7.90. The number of imidazole rings is 1. The molecule has 8 nitrogen and oxygen atoms in total. The highest BCUT2D eigenvalue weighted by atomic mass is 32.2. The largest absolute Gasteiger partial charge is 0.340 e. The number of nitrogens with zero attached hydrogens (tertiary/aromatic N) is 4. The maximum atomic E-state index is 12.5. The van der Waals surface area contributed by atoms with Crippen LogP contribution in [0.3, 0.4) is 0 Å². The van der Waals surface area contributed by atoms with Crippen molar-refractivity contribution in [2.24, 2.45) is 0 Å². The molecule has 130 valence electrons. The van der Waals surface area contributed by atoms with Crippen LogP contribution in [0.1, 0.15) is 30.3 Å². The van der Waals surface area contributed by atoms with Gasteiger partial charge in [0.05, 0.1) is 11.9 Å². The summed E-state index contributed by atoms with van der Waals surface area (Å²) >= 11 is 0. The van der Waals surface area contributed by atoms with Gasteiger partial charge >= 0.3 is 0 Å². The molecule has 1 N–H and O–H groups in total. The number of nitrogens with one attached hydrogen (secondary N) is 1. The van der Waals surface area contributed by atoms with Crippen LogP contribution in [0.25, 0.3) is 0 Å². The number of carbonyl (C=O) groups is 1. The summed E-state index contributed by atoms with van der Waals surface area (Å²) in [6.07, 6.45) is 7.64. The number of H-pyrrole nitrogens is 1. The van der Waals surface area contributed by atoms with Gasteiger partial charge in [0.25, 0.3) is 0 Å². The van der Waals surface area contributed by atoms with Gasteiger partial charge in [-0.05, 0) is 19.8 Å². The predicted octanol–water partition coefficient (Wildman–Crippen LogP) is 0.724. The second-order valence-electron chi connectivity index (χ2n) is 6.20. The van der Waals surface area contributed by atoms with Crippen molar-refractivity contribution < 1.29 is 13.2 Å². The van der Waals surface area contributed by atoms with Gasteiger partial charge in [-0.15, -0.1) is 0 Å². The number of carbonyl (C=O) groups excluding carboxylic acids is 1. The Hall–Kier alpha value is -2.16. The van der Waals surface area contributed by atoms with Crippen molar-refractivity contribution >= 4 is 15.7 Å². The van der Waals surface area contributed by atoms with Crippen LogP contribution in [0, 0.1) is 6.92 Å². The van der Waals surface area contributed by atoms with Gasteiger partial charge in [-0.3, -0.25) is 9.89 Å². The van der Waals surface area contributed by atoms with Crippen LogP contribution in [0.2, 0.25) is 0 Å². The van der Waals surface area contributed by atoms with Gasteiger partial charge in [-0.1, -0.05) is 0 Å². The Morgan fingerprint density at radius 2 is 2.25 bits per heavy atom. The SMILES string of the molecule is Cc1nccn1CC(=O)N1CCC[C@H](c2[nH]ncc2S(C)(=O)=O)C1. The molecule has 2 aromatic rings. The van der Waals surface area contributed by atoms with E-state index in [4.69, 9.17) is 0 Å². The number of aryl methyl sites for hydroxylation is 1. The maximum absolute atomic E-state index is 12.5. The Morgan fingerprint density at radius 3 is 2.92 bits per heavy atom. The van der Waals surface area contributed by atoms with E-state index >= 15 is 0 Å². The van der Waals surface area contributed by atoms with E-state index in [1.807, 2.05) is 11.5 Å². The summed E-state index contributed by atoms with van der Waals surface area (Å²) in [5, 5.41) is 6.70. The first-order valence-corrected chi connectivity index (χ1v) is 9.74. The standard InChI is InChI=1S/C15H21N5O3S/c1-11-16-5-7-19(11)10-14(21)20-6-3-4-12(9-20)15-13(8-17-18-15)24(2,22)23/h5,7-8,12H,3-4,6,9-10H2,1-2H3,(H,17,18)/t12-/m0/s1. The third-order valence-corrected chi connectivity index (χ3v) is 5.57. The molecule has 0 bridgehead atoms. The van der Waals surface area contributed by atoms with Crippen molar-refractivity contribution in [2.45, 2.75) is 37.1 Å². The number of piperidine rings is 1. The van der Waals surface area contributed by atoms with Gasteiger partial charge in [-0.25, -0.2) is 13.4 Å². The highest BCUT2D eigenvalue weighted by Crippen LogP contribution is 2.29. The number of aromatic amines is 1. The Balaban J connectivity index is 1.74. The zero-order valence-corrected chi connectivity index (χ0v) is 14.6. The van der Waals surface area contributed by atoms with Crippen LogP contribution in [0.15, 0.2) is 23.5 Å². The molecule has 24 heavy (non-hydrogen) atoms. The first kappa shape index (κ1) is 16.7. The first-order chi connectivity index (χ1) is 11.4. The predicted molar refractivity (Wildman–Crippen MR) is 87.2 cm³/mol. The van der Waals surface area contributed by atoms with Gasteiger partial charge in [-0.2, -0.15) is 5.10 Å². The lowest BCUT2D eigenvalue weighted by atomic mass is 9.95. The molecule has 0 unspecified atom stereocenters. The molecule has 1 fully saturated rings. The minimum absolute atomic E-state index is 0.0150. The third kappa shape index (κ3) is 3.35. The molecule has 9 heteroatoms. The van der Waals surface area contributed by atoms with Gasteiger partial charge in [0.1, 0.15) is 17.3 Å². The summed E-state index contributed by atoms with van der Waals surface area (Å²) in [6.45, 7) is 3.29. The zero-order valence-electron chi connectivity index (χ0n) is 13.8. The lowest BCUT2D eigenvalue weighted by molar-refractivity contribution is -0.133. The molecule has 2 aromatic heterocycles. The second-order valence-corrected chi connectivity index (χ2v) is 8.19. The molecule has 3 heterocycles. The van der Waals surface area contributed by atoms with Crippen LogP contribution in [0.5, 0.6) is 0 Å². The van der Waals surface area contributed by atoms with E-state index in [1.165, 1.54) is 12.5 Å². The van der Waals surface area contributed by atoms with Crippen molar-refractivity contribution in [1.29, 1.82) is 0 Å². The quantitative estimate of drug-likeness (QED) is 0.875. The van der Waals surface area contributed by atoms with E-state index in [2.05, 4.69) is 15.2 Å². The third-order valence-electron chi connectivity index (χ3n) is 4.44. The molecular weight excluding hydrogens is 330 g/mol. The zero-order chi connectivity index (χ0) is 17.3. The van der Waals surface area contributed by atoms with Crippen LogP contribution in [-0.4, -0.2) is 58.3 Å². The van der Waals surface area contributed by atoms with Crippen molar-refractivity contribution in [3.8, 4) is 0 Å². The highest BCUT2D eigenvalue weighted by Gasteiger charge is 2.29. The van der Waals surface area contributed by atoms with E-state index < -0.39 is 9.84 Å². The molecule has 0 aromatic carbocycles. The minimum Gasteiger partial charge on any atom is -0.340 e. The topological polar surface area (TPSA) is 101 Å². The van der Waals surface area contributed by atoms with Gasteiger partial charge in [0, 0.05) is 37.7 Å². The number of sulfone groups is 1. The number of likely N-dealkylation sites (tertiary alicyclic amines) is 1. The van der Waals surface area contributed by atoms with Gasteiger partial charge in [0.15, 0.2) is 9.84 Å². The second kappa shape index (κ2) is 6.39. The fraction of sp³-hybridized carbons (Fsp3) is 0.533. The van der Waals surface area contributed by atoms with Crippen molar-refractivity contribution in [3.63, 3.8) is 0 Å². The Labute approximate surface area is 140 Å². The number of amides is 1. The molecule has 1 saturated heterocycles. The molecule has 1 aliphatic heterocycles. The van der Waals surface area contributed by atoms with E-state index in [0.29, 0.717) is 18.8 Å². The summed E-state index contributed by atoms with van der Waals surface area (Å²) < 4.78 is 25.6. The molecule has 1 atom stereocenters. The fourth-order valence-electron chi connectivity index (χ4n) is 3.13. The van der Waals surface area contributed by atoms with Crippen LogP contribution >= 0.6 is 0 Å². The van der Waals surface area contributed by atoms with Gasteiger partial charge in [0.2, 0.25) is 5.91 Å². The van der Waals surface area contributed by atoms with Crippen LogP contribution in [-0.2, 0) is 21.2 Å². The molecule has 0 radical (unpaired) electrons. The summed E-state index contributed by atoms with van der Waals surface area (Å²) in [7, 11) is -3.33. The van der Waals surface area contributed by atoms with E-state index in [9.17, 15) is 13.2 Å². The number of hydrogen-bond acceptors (Lipinski definition) is 5. The summed E-state index contributed by atoms with van der Waals surface area (Å²) in [5.41, 5.74) is 0.605. The van der Waals surface area contributed by atoms with Gasteiger partial charge < -0.3 is 9.47 Å². The van der Waals surface area contributed by atoms with Crippen molar-refractivity contribution in [1.82, 2.24) is 24.6 Å². The van der Waals surface area contributed by atoms with E-state index in [1.54, 1.807) is 17.3 Å². The fourth-order valence-corrected chi connectivity index (χ4v) is 3.98. The van der Waals surface area contributed by atoms with Crippen LogP contribution in [0.4, 0.5) is 0 Å². The molecule has 1 amide bonds. The minimum atomic E-state index is -3.33. The number of hydrogen-bond donors (Lipinski definition) is 1. The maximum Gasteiger partial charge on any atom is 0.242 e. The summed E-state index contributed by atoms with van der Waals surface area (Å²) in [4.78, 5) is 18.7. The molecule has 0 saturated carbocycles. The number of rotatable bonds is 4. The average molecular weight is 351 g/mol. The number of aromatic nitrogens is 4. The smallest absolute Gasteiger partial charge is 0.242 e. The van der Waals surface area contributed by atoms with Crippen molar-refractivity contribution in [2.75, 3.05) is 19.3 Å². The monoisotopic (exact) mass is 351 g/mol. The molecule has 1 aliphatic rings. The summed E-state index contributed by atoms with van der Waals surface area (Å²) in [5.74, 6) is 0.768. The Morgan fingerprint density at radius 1 is 1.46 bits per heavy atom. The first-order valence-electron chi connectivity index (χ1n) is 7.85. The van der Waals surface area contributed by atoms with E-state index in [0.717, 1.165) is 18.7 Å².